The third-order valence-electron chi connectivity index (χ3n) is 4.24. The summed E-state index contributed by atoms with van der Waals surface area (Å²) in [5, 5.41) is 0. The molecule has 0 saturated carbocycles. The number of hydrogen-bond acceptors (Lipinski definition) is 2. The summed E-state index contributed by atoms with van der Waals surface area (Å²) in [6.45, 7) is 8.55. The van der Waals surface area contributed by atoms with Crippen molar-refractivity contribution in [3.63, 3.8) is 0 Å². The molecule has 0 bridgehead atoms. The fraction of sp³-hybridized carbons (Fsp3) is 0.333. The topological polar surface area (TPSA) is 25.2 Å². The first-order valence-electron chi connectivity index (χ1n) is 8.45. The van der Waals surface area contributed by atoms with E-state index in [0.29, 0.717) is 0 Å². The van der Waals surface area contributed by atoms with Gasteiger partial charge in [-0.2, -0.15) is 0 Å². The Labute approximate surface area is 153 Å². The van der Waals surface area contributed by atoms with Crippen molar-refractivity contribution in [2.24, 2.45) is 4.99 Å². The fourth-order valence-corrected chi connectivity index (χ4v) is 3.11. The second-order valence-corrected chi connectivity index (χ2v) is 6.73. The summed E-state index contributed by atoms with van der Waals surface area (Å²) < 4.78 is 0.850. The largest absolute Gasteiger partial charge is 0.265 e. The molecule has 1 aromatic heterocycles. The van der Waals surface area contributed by atoms with Crippen LogP contribution in [0.5, 0.6) is 0 Å². The average Bonchev–Trinajstić information content (AvgIpc) is 2.57. The summed E-state index contributed by atoms with van der Waals surface area (Å²) in [6, 6.07) is 12.5. The van der Waals surface area contributed by atoms with Crippen molar-refractivity contribution < 1.29 is 0 Å². The van der Waals surface area contributed by atoms with Crippen LogP contribution in [0, 0.1) is 13.8 Å². The van der Waals surface area contributed by atoms with Gasteiger partial charge in [-0.3, -0.25) is 4.99 Å². The van der Waals surface area contributed by atoms with Crippen LogP contribution in [0.4, 0.5) is 0 Å². The number of aryl methyl sites for hydroxylation is 1. The van der Waals surface area contributed by atoms with Crippen molar-refractivity contribution >= 4 is 22.1 Å². The first-order valence-corrected chi connectivity index (χ1v) is 9.25. The summed E-state index contributed by atoms with van der Waals surface area (Å²) in [4.78, 5) is 9.49. The molecule has 1 heterocycles. The van der Waals surface area contributed by atoms with Crippen LogP contribution in [0.25, 0.3) is 0 Å². The molecule has 24 heavy (non-hydrogen) atoms. The van der Waals surface area contributed by atoms with Crippen LogP contribution in [-0.2, 0) is 0 Å². The SMILES string of the molecule is C/C=C(\N=CCCC)C(c1cccc(Br)n1)c1cccc(C)c1C. The summed E-state index contributed by atoms with van der Waals surface area (Å²) >= 11 is 3.50. The number of allylic oxidation sites excluding steroid dienone is 2. The van der Waals surface area contributed by atoms with Crippen LogP contribution in [0.3, 0.4) is 0 Å². The number of aliphatic imine (C=N–C) groups is 1. The highest BCUT2D eigenvalue weighted by atomic mass is 79.9. The number of nitrogens with zero attached hydrogens (tertiary/aromatic N) is 2. The highest BCUT2D eigenvalue weighted by Gasteiger charge is 2.22. The Bertz CT molecular complexity index is 747. The Balaban J connectivity index is 2.59. The van der Waals surface area contributed by atoms with E-state index in [4.69, 9.17) is 9.98 Å². The Morgan fingerprint density at radius 3 is 2.62 bits per heavy atom. The summed E-state index contributed by atoms with van der Waals surface area (Å²) in [7, 11) is 0. The van der Waals surface area contributed by atoms with Gasteiger partial charge in [-0.1, -0.05) is 43.7 Å². The van der Waals surface area contributed by atoms with Gasteiger partial charge in [0.2, 0.25) is 0 Å². The van der Waals surface area contributed by atoms with Gasteiger partial charge in [-0.25, -0.2) is 4.98 Å². The van der Waals surface area contributed by atoms with Crippen LogP contribution in [-0.4, -0.2) is 11.2 Å². The predicted octanol–water partition coefficient (Wildman–Crippen LogP) is 6.37. The molecule has 3 heteroatoms. The minimum Gasteiger partial charge on any atom is -0.265 e. The molecule has 1 atom stereocenters. The molecule has 0 amide bonds. The van der Waals surface area contributed by atoms with E-state index in [1.54, 1.807) is 0 Å². The molecule has 0 aliphatic carbocycles. The lowest BCUT2D eigenvalue weighted by Crippen LogP contribution is -2.09. The van der Waals surface area contributed by atoms with Crippen molar-refractivity contribution in [3.8, 4) is 0 Å². The molecule has 2 aromatic rings. The molecule has 2 rings (SSSR count). The standard InChI is InChI=1S/C21H25BrN2/c1-5-7-14-23-18(6-2)21(19-12-9-13-20(22)24-19)17-11-8-10-15(3)16(17)4/h6,8-14,21H,5,7H2,1-4H3/b18-6-,23-14?. The van der Waals surface area contributed by atoms with Crippen molar-refractivity contribution in [1.29, 1.82) is 0 Å². The lowest BCUT2D eigenvalue weighted by atomic mass is 9.87. The van der Waals surface area contributed by atoms with Crippen molar-refractivity contribution in [2.45, 2.75) is 46.5 Å². The molecule has 2 nitrogen and oxygen atoms in total. The second-order valence-electron chi connectivity index (χ2n) is 5.92. The van der Waals surface area contributed by atoms with E-state index in [2.05, 4.69) is 74.0 Å². The Kier molecular flexibility index (Phi) is 6.92. The number of hydrogen-bond donors (Lipinski definition) is 0. The van der Waals surface area contributed by atoms with Crippen LogP contribution in [0.1, 0.15) is 55.0 Å². The van der Waals surface area contributed by atoms with Crippen LogP contribution in [0.15, 0.2) is 57.8 Å². The Hall–Kier alpha value is -1.74. The van der Waals surface area contributed by atoms with Gasteiger partial charge in [0.05, 0.1) is 11.6 Å². The van der Waals surface area contributed by atoms with Crippen molar-refractivity contribution in [2.75, 3.05) is 0 Å². The highest BCUT2D eigenvalue weighted by Crippen LogP contribution is 2.34. The molecule has 0 spiro atoms. The Morgan fingerprint density at radius 1 is 1.21 bits per heavy atom. The zero-order valence-electron chi connectivity index (χ0n) is 14.9. The first kappa shape index (κ1) is 18.6. The van der Waals surface area contributed by atoms with Gasteiger partial charge < -0.3 is 0 Å². The lowest BCUT2D eigenvalue weighted by Gasteiger charge is -2.21. The number of halogens is 1. The maximum absolute atomic E-state index is 4.77. The van der Waals surface area contributed by atoms with Gasteiger partial charge in [-0.05, 0) is 71.9 Å². The monoisotopic (exact) mass is 384 g/mol. The van der Waals surface area contributed by atoms with Crippen LogP contribution in [0.2, 0.25) is 0 Å². The summed E-state index contributed by atoms with van der Waals surface area (Å²) in [6.07, 6.45) is 6.21. The van der Waals surface area contributed by atoms with Crippen molar-refractivity contribution in [3.05, 3.63) is 75.2 Å². The van der Waals surface area contributed by atoms with E-state index in [9.17, 15) is 0 Å². The molecule has 0 radical (unpaired) electrons. The van der Waals surface area contributed by atoms with Crippen molar-refractivity contribution in [1.82, 2.24) is 4.98 Å². The molecule has 0 aliphatic rings. The maximum atomic E-state index is 4.77. The molecule has 0 aliphatic heterocycles. The molecule has 0 fully saturated rings. The molecule has 126 valence electrons. The molecular weight excluding hydrogens is 360 g/mol. The number of pyridine rings is 1. The third-order valence-corrected chi connectivity index (χ3v) is 4.68. The normalized spacial score (nSPS) is 13.5. The average molecular weight is 385 g/mol. The van der Waals surface area contributed by atoms with Crippen LogP contribution < -0.4 is 0 Å². The van der Waals surface area contributed by atoms with Gasteiger partial charge in [0.25, 0.3) is 0 Å². The number of rotatable bonds is 6. The van der Waals surface area contributed by atoms with E-state index >= 15 is 0 Å². The highest BCUT2D eigenvalue weighted by molar-refractivity contribution is 9.10. The fourth-order valence-electron chi connectivity index (χ4n) is 2.76. The summed E-state index contributed by atoms with van der Waals surface area (Å²) in [5.74, 6) is 0.0421. The smallest absolute Gasteiger partial charge is 0.106 e. The number of benzene rings is 1. The second kappa shape index (κ2) is 8.93. The predicted molar refractivity (Wildman–Crippen MR) is 107 cm³/mol. The van der Waals surface area contributed by atoms with E-state index in [1.807, 2.05) is 18.3 Å². The Morgan fingerprint density at radius 2 is 1.96 bits per heavy atom. The van der Waals surface area contributed by atoms with E-state index < -0.39 is 0 Å². The minimum absolute atomic E-state index is 0.0421. The zero-order chi connectivity index (χ0) is 17.5. The molecule has 1 aromatic carbocycles. The third kappa shape index (κ3) is 4.41. The number of unbranched alkanes of at least 4 members (excludes halogenated alkanes) is 1. The quantitative estimate of drug-likeness (QED) is 0.419. The molecule has 1 unspecified atom stereocenters. The van der Waals surface area contributed by atoms with Gasteiger partial charge >= 0.3 is 0 Å². The number of aromatic nitrogens is 1. The maximum Gasteiger partial charge on any atom is 0.106 e. The van der Waals surface area contributed by atoms with Gasteiger partial charge in [0.1, 0.15) is 4.60 Å². The molecular formula is C21H25BrN2. The first-order chi connectivity index (χ1) is 11.6. The van der Waals surface area contributed by atoms with E-state index in [0.717, 1.165) is 28.8 Å². The zero-order valence-corrected chi connectivity index (χ0v) is 16.5. The van der Waals surface area contributed by atoms with Crippen LogP contribution >= 0.6 is 15.9 Å². The van der Waals surface area contributed by atoms with Gasteiger partial charge in [-0.15, -0.1) is 0 Å². The van der Waals surface area contributed by atoms with Gasteiger partial charge in [0.15, 0.2) is 0 Å². The van der Waals surface area contributed by atoms with E-state index in [-0.39, 0.29) is 5.92 Å². The molecule has 0 saturated heterocycles. The van der Waals surface area contributed by atoms with Gasteiger partial charge in [0, 0.05) is 11.9 Å². The van der Waals surface area contributed by atoms with E-state index in [1.165, 1.54) is 16.7 Å². The lowest BCUT2D eigenvalue weighted by molar-refractivity contribution is 0.861. The summed E-state index contributed by atoms with van der Waals surface area (Å²) in [5.41, 5.74) is 5.92. The minimum atomic E-state index is 0.0421. The molecule has 0 N–H and O–H groups in total.